The van der Waals surface area contributed by atoms with Crippen molar-refractivity contribution in [3.8, 4) is 0 Å². The maximum absolute atomic E-state index is 12.5. The zero-order valence-corrected chi connectivity index (χ0v) is 15.9. The molecular weight excluding hydrogens is 350 g/mol. The fourth-order valence-corrected chi connectivity index (χ4v) is 4.00. The van der Waals surface area contributed by atoms with Crippen molar-refractivity contribution in [2.24, 2.45) is 11.1 Å². The van der Waals surface area contributed by atoms with Crippen molar-refractivity contribution in [1.29, 1.82) is 0 Å². The summed E-state index contributed by atoms with van der Waals surface area (Å²) in [6, 6.07) is 4.49. The molecule has 0 radical (unpaired) electrons. The van der Waals surface area contributed by atoms with E-state index in [0.717, 1.165) is 19.4 Å². The first-order chi connectivity index (χ1) is 10.6. The van der Waals surface area contributed by atoms with Crippen LogP contribution < -0.4 is 15.8 Å². The van der Waals surface area contributed by atoms with E-state index in [0.29, 0.717) is 12.1 Å². The molecule has 0 aromatic heterocycles. The number of sulfonamides is 1. The summed E-state index contributed by atoms with van der Waals surface area (Å²) in [7, 11) is -3.68. The molecule has 0 bridgehead atoms. The summed E-state index contributed by atoms with van der Waals surface area (Å²) in [4.78, 5) is 11.4. The monoisotopic (exact) mass is 375 g/mol. The van der Waals surface area contributed by atoms with Gasteiger partial charge >= 0.3 is 0 Å². The molecule has 0 aliphatic carbocycles. The molecule has 2 rings (SSSR count). The van der Waals surface area contributed by atoms with Gasteiger partial charge in [0.1, 0.15) is 0 Å². The van der Waals surface area contributed by atoms with Crippen molar-refractivity contribution in [3.05, 3.63) is 29.3 Å². The number of piperidine rings is 1. The molecule has 136 valence electrons. The summed E-state index contributed by atoms with van der Waals surface area (Å²) in [6.07, 6.45) is 2.15. The minimum absolute atomic E-state index is 0. The number of nitrogens with two attached hydrogens (primary N) is 1. The van der Waals surface area contributed by atoms with Gasteiger partial charge < -0.3 is 11.1 Å². The number of amides is 1. The van der Waals surface area contributed by atoms with Gasteiger partial charge in [-0.3, -0.25) is 4.79 Å². The molecule has 1 amide bonds. The van der Waals surface area contributed by atoms with E-state index in [2.05, 4.69) is 23.9 Å². The molecule has 6 nitrogen and oxygen atoms in total. The SMILES string of the molecule is Cc1ccc(S(=O)(=O)NCC2NCCCC2(C)C)cc1C(N)=O.Cl. The number of rotatable bonds is 5. The maximum atomic E-state index is 12.5. The predicted octanol–water partition coefficient (Wildman–Crippen LogP) is 1.57. The van der Waals surface area contributed by atoms with Crippen LogP contribution in [0.15, 0.2) is 23.1 Å². The van der Waals surface area contributed by atoms with Crippen LogP contribution >= 0.6 is 12.4 Å². The Morgan fingerprint density at radius 3 is 2.67 bits per heavy atom. The van der Waals surface area contributed by atoms with E-state index in [1.165, 1.54) is 12.1 Å². The Hall–Kier alpha value is -1.15. The minimum atomic E-state index is -3.68. The fraction of sp³-hybridized carbons (Fsp3) is 0.562. The topological polar surface area (TPSA) is 101 Å². The second kappa shape index (κ2) is 7.82. The third kappa shape index (κ3) is 4.69. The van der Waals surface area contributed by atoms with Gasteiger partial charge in [0, 0.05) is 18.2 Å². The summed E-state index contributed by atoms with van der Waals surface area (Å²) < 4.78 is 27.6. The van der Waals surface area contributed by atoms with Crippen LogP contribution in [0.1, 0.15) is 42.6 Å². The Morgan fingerprint density at radius 1 is 1.42 bits per heavy atom. The van der Waals surface area contributed by atoms with Crippen molar-refractivity contribution in [2.75, 3.05) is 13.1 Å². The number of carbonyl (C=O) groups excluding carboxylic acids is 1. The number of halogens is 1. The maximum Gasteiger partial charge on any atom is 0.249 e. The molecule has 4 N–H and O–H groups in total. The number of benzene rings is 1. The van der Waals surface area contributed by atoms with Gasteiger partial charge in [-0.1, -0.05) is 19.9 Å². The second-order valence-corrected chi connectivity index (χ2v) is 8.56. The Bertz CT molecular complexity index is 705. The lowest BCUT2D eigenvalue weighted by Gasteiger charge is -2.39. The fourth-order valence-electron chi connectivity index (χ4n) is 2.93. The molecule has 24 heavy (non-hydrogen) atoms. The third-order valence-electron chi connectivity index (χ3n) is 4.59. The van der Waals surface area contributed by atoms with E-state index in [1.54, 1.807) is 13.0 Å². The second-order valence-electron chi connectivity index (χ2n) is 6.79. The van der Waals surface area contributed by atoms with E-state index in [-0.39, 0.29) is 34.3 Å². The smallest absolute Gasteiger partial charge is 0.249 e. The van der Waals surface area contributed by atoms with E-state index in [1.807, 2.05) is 0 Å². The van der Waals surface area contributed by atoms with Crippen LogP contribution in [0, 0.1) is 12.3 Å². The average Bonchev–Trinajstić information content (AvgIpc) is 2.45. The van der Waals surface area contributed by atoms with Gasteiger partial charge in [-0.25, -0.2) is 13.1 Å². The van der Waals surface area contributed by atoms with Gasteiger partial charge in [-0.15, -0.1) is 12.4 Å². The summed E-state index contributed by atoms with van der Waals surface area (Å²) in [5, 5.41) is 3.37. The number of carbonyl (C=O) groups is 1. The lowest BCUT2D eigenvalue weighted by Crippen LogP contribution is -2.52. The number of aryl methyl sites for hydroxylation is 1. The first-order valence-electron chi connectivity index (χ1n) is 7.77. The highest BCUT2D eigenvalue weighted by molar-refractivity contribution is 7.89. The van der Waals surface area contributed by atoms with Crippen molar-refractivity contribution in [3.63, 3.8) is 0 Å². The average molecular weight is 376 g/mol. The Kier molecular flexibility index (Phi) is 6.81. The first kappa shape index (κ1) is 20.9. The Balaban J connectivity index is 0.00000288. The molecule has 1 aromatic carbocycles. The molecule has 1 aromatic rings. The highest BCUT2D eigenvalue weighted by Crippen LogP contribution is 2.29. The van der Waals surface area contributed by atoms with Gasteiger partial charge in [-0.2, -0.15) is 0 Å². The standard InChI is InChI=1S/C16H25N3O3S.ClH/c1-11-5-6-12(9-13(11)15(17)20)23(21,22)19-10-14-16(2,3)7-4-8-18-14;/h5-6,9,14,18-19H,4,7-8,10H2,1-3H3,(H2,17,20);1H. The van der Waals surface area contributed by atoms with Gasteiger partial charge in [0.05, 0.1) is 4.90 Å². The van der Waals surface area contributed by atoms with Crippen LogP contribution in [-0.4, -0.2) is 33.5 Å². The van der Waals surface area contributed by atoms with Crippen molar-refractivity contribution < 1.29 is 13.2 Å². The highest BCUT2D eigenvalue weighted by Gasteiger charge is 2.32. The summed E-state index contributed by atoms with van der Waals surface area (Å²) in [5.74, 6) is -0.630. The van der Waals surface area contributed by atoms with Crippen molar-refractivity contribution in [2.45, 2.75) is 44.6 Å². The van der Waals surface area contributed by atoms with Gasteiger partial charge in [0.15, 0.2) is 0 Å². The zero-order chi connectivity index (χ0) is 17.3. The van der Waals surface area contributed by atoms with Gasteiger partial charge in [0.25, 0.3) is 0 Å². The molecule has 1 aliphatic heterocycles. The lowest BCUT2D eigenvalue weighted by molar-refractivity contribution is 0.0999. The molecule has 1 heterocycles. The normalized spacial score (nSPS) is 20.2. The number of hydrogen-bond donors (Lipinski definition) is 3. The molecule has 1 aliphatic rings. The molecule has 0 spiro atoms. The van der Waals surface area contributed by atoms with E-state index in [9.17, 15) is 13.2 Å². The van der Waals surface area contributed by atoms with E-state index >= 15 is 0 Å². The molecule has 1 atom stereocenters. The Labute approximate surface area is 150 Å². The third-order valence-corrected chi connectivity index (χ3v) is 6.02. The van der Waals surface area contributed by atoms with Crippen LogP contribution in [0.4, 0.5) is 0 Å². The predicted molar refractivity (Wildman–Crippen MR) is 96.9 cm³/mol. The summed E-state index contributed by atoms with van der Waals surface area (Å²) in [6.45, 7) is 7.20. The van der Waals surface area contributed by atoms with Crippen LogP contribution in [0.5, 0.6) is 0 Å². The molecular formula is C16H26ClN3O3S. The molecule has 1 fully saturated rings. The molecule has 8 heteroatoms. The van der Waals surface area contributed by atoms with Crippen LogP contribution in [0.3, 0.4) is 0 Å². The minimum Gasteiger partial charge on any atom is -0.366 e. The quantitative estimate of drug-likeness (QED) is 0.727. The number of hydrogen-bond acceptors (Lipinski definition) is 4. The van der Waals surface area contributed by atoms with Crippen LogP contribution in [0.2, 0.25) is 0 Å². The van der Waals surface area contributed by atoms with Gasteiger partial charge in [0.2, 0.25) is 15.9 Å². The van der Waals surface area contributed by atoms with Crippen molar-refractivity contribution >= 4 is 28.3 Å². The largest absolute Gasteiger partial charge is 0.366 e. The molecule has 1 saturated heterocycles. The summed E-state index contributed by atoms with van der Waals surface area (Å²) in [5.41, 5.74) is 6.21. The highest BCUT2D eigenvalue weighted by atomic mass is 35.5. The first-order valence-corrected chi connectivity index (χ1v) is 9.25. The lowest BCUT2D eigenvalue weighted by atomic mass is 9.78. The summed E-state index contributed by atoms with van der Waals surface area (Å²) >= 11 is 0. The number of primary amides is 1. The van der Waals surface area contributed by atoms with E-state index in [4.69, 9.17) is 5.73 Å². The molecule has 0 saturated carbocycles. The van der Waals surface area contributed by atoms with Gasteiger partial charge in [-0.05, 0) is 49.4 Å². The van der Waals surface area contributed by atoms with Crippen LogP contribution in [0.25, 0.3) is 0 Å². The number of nitrogens with one attached hydrogen (secondary N) is 2. The van der Waals surface area contributed by atoms with E-state index < -0.39 is 15.9 Å². The van der Waals surface area contributed by atoms with Crippen LogP contribution in [-0.2, 0) is 10.0 Å². The Morgan fingerprint density at radius 2 is 2.08 bits per heavy atom. The zero-order valence-electron chi connectivity index (χ0n) is 14.3. The molecule has 1 unspecified atom stereocenters. The van der Waals surface area contributed by atoms with Crippen molar-refractivity contribution in [1.82, 2.24) is 10.0 Å².